The van der Waals surface area contributed by atoms with Gasteiger partial charge in [-0.2, -0.15) is 4.31 Å². The first kappa shape index (κ1) is 18.2. The summed E-state index contributed by atoms with van der Waals surface area (Å²) >= 11 is 0. The third kappa shape index (κ3) is 3.37. The van der Waals surface area contributed by atoms with Gasteiger partial charge in [-0.25, -0.2) is 13.4 Å². The van der Waals surface area contributed by atoms with Gasteiger partial charge in [-0.05, 0) is 51.7 Å². The topological polar surface area (TPSA) is 62.7 Å². The first-order valence-corrected chi connectivity index (χ1v) is 11.2. The van der Waals surface area contributed by atoms with Crippen LogP contribution in [0.1, 0.15) is 52.4 Å². The second-order valence-electron chi connectivity index (χ2n) is 8.57. The second-order valence-corrected chi connectivity index (χ2v) is 10.5. The van der Waals surface area contributed by atoms with Gasteiger partial charge in [0.15, 0.2) is 0 Å². The highest BCUT2D eigenvalue weighted by Gasteiger charge is 2.46. The van der Waals surface area contributed by atoms with Crippen LogP contribution in [0.15, 0.2) is 23.2 Å². The number of nitrogens with zero attached hydrogens (tertiary/aromatic N) is 3. The highest BCUT2D eigenvalue weighted by molar-refractivity contribution is 7.89. The van der Waals surface area contributed by atoms with Gasteiger partial charge in [0.2, 0.25) is 10.0 Å². The number of anilines is 1. The fourth-order valence-electron chi connectivity index (χ4n) is 4.75. The van der Waals surface area contributed by atoms with Crippen LogP contribution in [-0.4, -0.2) is 55.1 Å². The van der Waals surface area contributed by atoms with Gasteiger partial charge in [0.25, 0.3) is 0 Å². The van der Waals surface area contributed by atoms with Crippen LogP contribution in [0.5, 0.6) is 0 Å². The molecule has 0 N–H and O–H groups in total. The molecule has 1 saturated carbocycles. The average Bonchev–Trinajstić information content (AvgIpc) is 3.26. The number of sulfonamides is 1. The molecule has 2 aliphatic heterocycles. The summed E-state index contributed by atoms with van der Waals surface area (Å²) in [6.07, 6.45) is 8.01. The third-order valence-electron chi connectivity index (χ3n) is 5.81. The van der Waals surface area contributed by atoms with Crippen LogP contribution in [0.4, 0.5) is 5.82 Å². The maximum atomic E-state index is 12.7. The van der Waals surface area contributed by atoms with Crippen LogP contribution in [0.25, 0.3) is 0 Å². The summed E-state index contributed by atoms with van der Waals surface area (Å²) in [7, 11) is -3.40. The van der Waals surface area contributed by atoms with E-state index in [9.17, 15) is 8.42 Å². The Morgan fingerprint density at radius 1 is 1.04 bits per heavy atom. The molecule has 1 aliphatic carbocycles. The molecule has 1 aromatic rings. The second kappa shape index (κ2) is 6.46. The molecule has 144 valence electrons. The minimum Gasteiger partial charge on any atom is -0.365 e. The molecule has 0 unspecified atom stereocenters. The molecule has 1 aromatic heterocycles. The third-order valence-corrected chi connectivity index (χ3v) is 7.69. The summed E-state index contributed by atoms with van der Waals surface area (Å²) in [5, 5.41) is 0. The maximum absolute atomic E-state index is 12.7. The van der Waals surface area contributed by atoms with Gasteiger partial charge in [0.05, 0.1) is 11.2 Å². The zero-order valence-electron chi connectivity index (χ0n) is 15.8. The highest BCUT2D eigenvalue weighted by Crippen LogP contribution is 2.41. The summed E-state index contributed by atoms with van der Waals surface area (Å²) in [6.45, 7) is 7.09. The molecule has 7 heteroatoms. The number of morpholine rings is 1. The smallest absolute Gasteiger partial charge is 0.244 e. The Morgan fingerprint density at radius 2 is 1.73 bits per heavy atom. The fourth-order valence-corrected chi connectivity index (χ4v) is 6.21. The SMILES string of the molecule is CC1(C)CN(c2ccc(S(=O)(=O)N3CCCC3)cn2)CC2(CCCC2)O1. The number of pyridine rings is 1. The summed E-state index contributed by atoms with van der Waals surface area (Å²) in [6, 6.07) is 3.56. The van der Waals surface area contributed by atoms with E-state index in [0.717, 1.165) is 44.6 Å². The molecule has 0 atom stereocenters. The molecule has 0 radical (unpaired) electrons. The fraction of sp³-hybridized carbons (Fsp3) is 0.737. The van der Waals surface area contributed by atoms with Crippen LogP contribution in [0.3, 0.4) is 0 Å². The lowest BCUT2D eigenvalue weighted by Crippen LogP contribution is -2.59. The molecular weight excluding hydrogens is 350 g/mol. The van der Waals surface area contributed by atoms with Crippen molar-refractivity contribution in [2.24, 2.45) is 0 Å². The van der Waals surface area contributed by atoms with Crippen molar-refractivity contribution >= 4 is 15.8 Å². The molecule has 0 aromatic carbocycles. The van der Waals surface area contributed by atoms with E-state index in [1.54, 1.807) is 10.4 Å². The summed E-state index contributed by atoms with van der Waals surface area (Å²) in [5.74, 6) is 0.841. The molecule has 1 spiro atoms. The number of hydrogen-bond acceptors (Lipinski definition) is 5. The Bertz CT molecular complexity index is 749. The molecule has 6 nitrogen and oxygen atoms in total. The van der Waals surface area contributed by atoms with Crippen molar-refractivity contribution in [2.45, 2.75) is 68.5 Å². The number of rotatable bonds is 3. The first-order valence-electron chi connectivity index (χ1n) is 9.71. The summed E-state index contributed by atoms with van der Waals surface area (Å²) in [4.78, 5) is 7.09. The van der Waals surface area contributed by atoms with E-state index in [2.05, 4.69) is 23.7 Å². The van der Waals surface area contributed by atoms with Crippen LogP contribution < -0.4 is 4.90 Å². The molecule has 3 aliphatic rings. The predicted molar refractivity (Wildman–Crippen MR) is 101 cm³/mol. The van der Waals surface area contributed by atoms with Gasteiger partial charge < -0.3 is 9.64 Å². The Hall–Kier alpha value is -1.18. The molecule has 4 rings (SSSR count). The van der Waals surface area contributed by atoms with Gasteiger partial charge in [0, 0.05) is 32.4 Å². The van der Waals surface area contributed by atoms with Crippen molar-refractivity contribution in [2.75, 3.05) is 31.1 Å². The molecular formula is C19H29N3O3S. The molecule has 3 heterocycles. The van der Waals surface area contributed by atoms with Crippen molar-refractivity contribution in [1.29, 1.82) is 0 Å². The Kier molecular flexibility index (Phi) is 4.52. The molecule has 3 fully saturated rings. The lowest BCUT2D eigenvalue weighted by molar-refractivity contribution is -0.148. The Balaban J connectivity index is 1.56. The van der Waals surface area contributed by atoms with E-state index in [4.69, 9.17) is 4.74 Å². The lowest BCUT2D eigenvalue weighted by Gasteiger charge is -2.49. The van der Waals surface area contributed by atoms with E-state index in [-0.39, 0.29) is 11.2 Å². The normalized spacial score (nSPS) is 25.8. The van der Waals surface area contributed by atoms with Gasteiger partial charge in [-0.3, -0.25) is 0 Å². The quantitative estimate of drug-likeness (QED) is 0.808. The number of ether oxygens (including phenoxy) is 1. The largest absolute Gasteiger partial charge is 0.365 e. The maximum Gasteiger partial charge on any atom is 0.244 e. The van der Waals surface area contributed by atoms with Gasteiger partial charge in [0.1, 0.15) is 10.7 Å². The van der Waals surface area contributed by atoms with Crippen molar-refractivity contribution < 1.29 is 13.2 Å². The predicted octanol–water partition coefficient (Wildman–Crippen LogP) is 2.79. The standard InChI is InChI=1S/C19H29N3O3S/c1-18(2)14-21(15-19(25-18)9-3-4-10-19)17-8-7-16(13-20-17)26(23,24)22-11-5-6-12-22/h7-8,13H,3-6,9-12,14-15H2,1-2H3. The van der Waals surface area contributed by atoms with E-state index in [0.29, 0.717) is 18.0 Å². The monoisotopic (exact) mass is 379 g/mol. The molecule has 2 saturated heterocycles. The van der Waals surface area contributed by atoms with Gasteiger partial charge in [-0.1, -0.05) is 12.8 Å². The van der Waals surface area contributed by atoms with Gasteiger partial charge >= 0.3 is 0 Å². The van der Waals surface area contributed by atoms with Crippen molar-refractivity contribution in [1.82, 2.24) is 9.29 Å². The minimum atomic E-state index is -3.40. The van der Waals surface area contributed by atoms with E-state index < -0.39 is 10.0 Å². The van der Waals surface area contributed by atoms with Gasteiger partial charge in [-0.15, -0.1) is 0 Å². The van der Waals surface area contributed by atoms with Crippen LogP contribution in [-0.2, 0) is 14.8 Å². The van der Waals surface area contributed by atoms with Crippen molar-refractivity contribution in [3.63, 3.8) is 0 Å². The molecule has 26 heavy (non-hydrogen) atoms. The van der Waals surface area contributed by atoms with Crippen LogP contribution in [0, 0.1) is 0 Å². The first-order chi connectivity index (χ1) is 12.3. The number of aromatic nitrogens is 1. The van der Waals surface area contributed by atoms with E-state index in [1.807, 2.05) is 6.07 Å². The summed E-state index contributed by atoms with van der Waals surface area (Å²) in [5.41, 5.74) is -0.311. The Morgan fingerprint density at radius 3 is 2.35 bits per heavy atom. The molecule has 0 bridgehead atoms. The minimum absolute atomic E-state index is 0.0796. The van der Waals surface area contributed by atoms with Crippen LogP contribution in [0.2, 0.25) is 0 Å². The van der Waals surface area contributed by atoms with Crippen LogP contribution >= 0.6 is 0 Å². The average molecular weight is 380 g/mol. The summed E-state index contributed by atoms with van der Waals surface area (Å²) < 4.78 is 33.4. The van der Waals surface area contributed by atoms with Crippen molar-refractivity contribution in [3.05, 3.63) is 18.3 Å². The zero-order chi connectivity index (χ0) is 18.4. The van der Waals surface area contributed by atoms with E-state index >= 15 is 0 Å². The van der Waals surface area contributed by atoms with Crippen molar-refractivity contribution in [3.8, 4) is 0 Å². The Labute approximate surface area is 156 Å². The zero-order valence-corrected chi connectivity index (χ0v) is 16.6. The highest BCUT2D eigenvalue weighted by atomic mass is 32.2. The number of hydrogen-bond donors (Lipinski definition) is 0. The lowest BCUT2D eigenvalue weighted by atomic mass is 9.94. The van der Waals surface area contributed by atoms with E-state index in [1.165, 1.54) is 19.0 Å². The molecule has 0 amide bonds.